The molecule has 5 nitrogen and oxygen atoms in total. The number of morpholine rings is 1. The number of hydrogen-bond donors (Lipinski definition) is 1. The minimum absolute atomic E-state index is 0.202. The average Bonchev–Trinajstić information content (AvgIpc) is 2.70. The molecule has 19 heavy (non-hydrogen) atoms. The fraction of sp³-hybridized carbons (Fsp3) is 0.636. The summed E-state index contributed by atoms with van der Waals surface area (Å²) in [6.07, 6.45) is -0.264. The minimum atomic E-state index is -3.50. The smallest absolute Gasteiger partial charge is 0.252 e. The van der Waals surface area contributed by atoms with Crippen LogP contribution in [0.25, 0.3) is 0 Å². The first kappa shape index (κ1) is 15.2. The summed E-state index contributed by atoms with van der Waals surface area (Å²) in [7, 11) is -3.50. The molecule has 0 radical (unpaired) electrons. The number of halogens is 1. The highest BCUT2D eigenvalue weighted by atomic mass is 35.5. The molecule has 0 bridgehead atoms. The van der Waals surface area contributed by atoms with Gasteiger partial charge in [-0.25, -0.2) is 8.42 Å². The van der Waals surface area contributed by atoms with Crippen LogP contribution in [0.15, 0.2) is 10.3 Å². The summed E-state index contributed by atoms with van der Waals surface area (Å²) in [5, 5.41) is 0. The highest BCUT2D eigenvalue weighted by Gasteiger charge is 2.33. The van der Waals surface area contributed by atoms with E-state index in [1.165, 1.54) is 4.31 Å². The van der Waals surface area contributed by atoms with Crippen molar-refractivity contribution in [1.82, 2.24) is 4.31 Å². The Hall–Kier alpha value is -0.180. The van der Waals surface area contributed by atoms with Crippen molar-refractivity contribution in [3.63, 3.8) is 0 Å². The van der Waals surface area contributed by atoms with Gasteiger partial charge in [0.05, 0.1) is 17.0 Å². The van der Waals surface area contributed by atoms with Gasteiger partial charge in [0.15, 0.2) is 0 Å². The number of aryl methyl sites for hydroxylation is 1. The van der Waals surface area contributed by atoms with Gasteiger partial charge in [-0.1, -0.05) is 11.6 Å². The van der Waals surface area contributed by atoms with Crippen molar-refractivity contribution in [2.75, 3.05) is 19.7 Å². The quantitative estimate of drug-likeness (QED) is 0.913. The topological polar surface area (TPSA) is 72.6 Å². The van der Waals surface area contributed by atoms with E-state index in [9.17, 15) is 8.42 Å². The average molecular weight is 325 g/mol. The van der Waals surface area contributed by atoms with Crippen LogP contribution in [0.3, 0.4) is 0 Å². The number of rotatable bonds is 3. The lowest BCUT2D eigenvalue weighted by molar-refractivity contribution is -0.0119. The van der Waals surface area contributed by atoms with Crippen molar-refractivity contribution >= 4 is 33.0 Å². The van der Waals surface area contributed by atoms with Gasteiger partial charge in [-0.3, -0.25) is 0 Å². The highest BCUT2D eigenvalue weighted by molar-refractivity contribution is 7.91. The molecule has 8 heteroatoms. The number of ether oxygens (including phenoxy) is 1. The van der Waals surface area contributed by atoms with E-state index in [-0.39, 0.29) is 22.9 Å². The van der Waals surface area contributed by atoms with E-state index in [0.29, 0.717) is 17.5 Å². The third-order valence-electron chi connectivity index (χ3n) is 3.07. The summed E-state index contributed by atoms with van der Waals surface area (Å²) in [4.78, 5) is 0. The van der Waals surface area contributed by atoms with Gasteiger partial charge in [-0.05, 0) is 25.5 Å². The molecule has 1 aromatic heterocycles. The van der Waals surface area contributed by atoms with Gasteiger partial charge in [0.25, 0.3) is 10.0 Å². The molecule has 2 rings (SSSR count). The van der Waals surface area contributed by atoms with Gasteiger partial charge < -0.3 is 10.5 Å². The molecule has 2 atom stereocenters. The Labute approximate surface area is 122 Å². The van der Waals surface area contributed by atoms with Crippen LogP contribution in [0.1, 0.15) is 12.5 Å². The van der Waals surface area contributed by atoms with Crippen LogP contribution in [-0.4, -0.2) is 44.6 Å². The molecule has 2 heterocycles. The van der Waals surface area contributed by atoms with Crippen LogP contribution in [-0.2, 0) is 14.8 Å². The maximum absolute atomic E-state index is 12.5. The molecule has 0 amide bonds. The van der Waals surface area contributed by atoms with E-state index >= 15 is 0 Å². The number of nitrogens with zero attached hydrogens (tertiary/aromatic N) is 1. The van der Waals surface area contributed by atoms with Gasteiger partial charge in [0.1, 0.15) is 4.21 Å². The summed E-state index contributed by atoms with van der Waals surface area (Å²) in [5.74, 6) is 0. The van der Waals surface area contributed by atoms with Crippen molar-refractivity contribution in [2.45, 2.75) is 30.2 Å². The van der Waals surface area contributed by atoms with E-state index in [2.05, 4.69) is 0 Å². The maximum atomic E-state index is 12.5. The van der Waals surface area contributed by atoms with Crippen LogP contribution in [0.2, 0.25) is 4.34 Å². The first-order chi connectivity index (χ1) is 8.82. The molecule has 0 aromatic carbocycles. The molecule has 1 fully saturated rings. The molecular weight excluding hydrogens is 308 g/mol. The Morgan fingerprint density at radius 1 is 1.63 bits per heavy atom. The predicted molar refractivity (Wildman–Crippen MR) is 76.2 cm³/mol. The summed E-state index contributed by atoms with van der Waals surface area (Å²) >= 11 is 7.03. The summed E-state index contributed by atoms with van der Waals surface area (Å²) in [6.45, 7) is 4.60. The maximum Gasteiger partial charge on any atom is 0.252 e. The van der Waals surface area contributed by atoms with Crippen LogP contribution >= 0.6 is 22.9 Å². The molecule has 2 N–H and O–H groups in total. The monoisotopic (exact) mass is 324 g/mol. The molecule has 1 aromatic rings. The molecule has 0 spiro atoms. The normalized spacial score (nSPS) is 23.5. The van der Waals surface area contributed by atoms with Crippen molar-refractivity contribution in [2.24, 2.45) is 5.73 Å². The number of hydrogen-bond acceptors (Lipinski definition) is 5. The minimum Gasteiger partial charge on any atom is -0.374 e. The Morgan fingerprint density at radius 2 is 2.32 bits per heavy atom. The van der Waals surface area contributed by atoms with Crippen molar-refractivity contribution < 1.29 is 13.2 Å². The highest BCUT2D eigenvalue weighted by Crippen LogP contribution is 2.32. The molecule has 0 saturated carbocycles. The molecule has 1 aliphatic rings. The van der Waals surface area contributed by atoms with Crippen molar-refractivity contribution in [1.29, 1.82) is 0 Å². The van der Waals surface area contributed by atoms with Gasteiger partial charge in [-0.2, -0.15) is 4.31 Å². The second-order valence-corrected chi connectivity index (χ2v) is 8.47. The SMILES string of the molecule is Cc1cc(S(=O)(=O)N2CCOC(C(C)N)C2)sc1Cl. The lowest BCUT2D eigenvalue weighted by Crippen LogP contribution is -2.51. The second-order valence-electron chi connectivity index (χ2n) is 4.65. The summed E-state index contributed by atoms with van der Waals surface area (Å²) in [6, 6.07) is 1.41. The van der Waals surface area contributed by atoms with E-state index in [4.69, 9.17) is 22.1 Å². The first-order valence-electron chi connectivity index (χ1n) is 5.95. The molecular formula is C11H17ClN2O3S2. The Kier molecular flexibility index (Phi) is 4.54. The standard InChI is InChI=1S/C11H17ClN2O3S2/c1-7-5-10(18-11(7)12)19(15,16)14-3-4-17-9(6-14)8(2)13/h5,8-9H,3-4,6,13H2,1-2H3. The predicted octanol–water partition coefficient (Wildman–Crippen LogP) is 1.45. The molecule has 1 saturated heterocycles. The molecule has 1 aliphatic heterocycles. The Morgan fingerprint density at radius 3 is 2.84 bits per heavy atom. The molecule has 0 aliphatic carbocycles. The zero-order chi connectivity index (χ0) is 14.2. The zero-order valence-electron chi connectivity index (χ0n) is 10.8. The Bertz CT molecular complexity index is 537. The van der Waals surface area contributed by atoms with Crippen LogP contribution in [0.4, 0.5) is 0 Å². The van der Waals surface area contributed by atoms with Crippen LogP contribution < -0.4 is 5.73 Å². The number of thiophene rings is 1. The molecule has 108 valence electrons. The zero-order valence-corrected chi connectivity index (χ0v) is 13.2. The Balaban J connectivity index is 2.24. The van der Waals surface area contributed by atoms with Gasteiger partial charge in [-0.15, -0.1) is 11.3 Å². The summed E-state index contributed by atoms with van der Waals surface area (Å²) in [5.41, 5.74) is 6.55. The van der Waals surface area contributed by atoms with Crippen molar-refractivity contribution in [3.05, 3.63) is 16.0 Å². The van der Waals surface area contributed by atoms with Gasteiger partial charge in [0.2, 0.25) is 0 Å². The number of sulfonamides is 1. The third-order valence-corrected chi connectivity index (χ3v) is 6.94. The van der Waals surface area contributed by atoms with Crippen LogP contribution in [0, 0.1) is 6.92 Å². The lowest BCUT2D eigenvalue weighted by Gasteiger charge is -2.33. The second kappa shape index (κ2) is 5.67. The molecule has 2 unspecified atom stereocenters. The van der Waals surface area contributed by atoms with Crippen LogP contribution in [0.5, 0.6) is 0 Å². The van der Waals surface area contributed by atoms with Gasteiger partial charge >= 0.3 is 0 Å². The van der Waals surface area contributed by atoms with E-state index in [1.807, 2.05) is 6.92 Å². The fourth-order valence-electron chi connectivity index (χ4n) is 1.87. The van der Waals surface area contributed by atoms with E-state index < -0.39 is 10.0 Å². The van der Waals surface area contributed by atoms with E-state index in [1.54, 1.807) is 13.0 Å². The first-order valence-corrected chi connectivity index (χ1v) is 8.59. The summed E-state index contributed by atoms with van der Waals surface area (Å²) < 4.78 is 32.7. The van der Waals surface area contributed by atoms with Gasteiger partial charge in [0, 0.05) is 19.1 Å². The number of nitrogens with two attached hydrogens (primary N) is 1. The van der Waals surface area contributed by atoms with Crippen molar-refractivity contribution in [3.8, 4) is 0 Å². The lowest BCUT2D eigenvalue weighted by atomic mass is 10.2. The fourth-order valence-corrected chi connectivity index (χ4v) is 5.17. The van der Waals surface area contributed by atoms with E-state index in [0.717, 1.165) is 16.9 Å². The third kappa shape index (κ3) is 3.12. The largest absolute Gasteiger partial charge is 0.374 e.